The van der Waals surface area contributed by atoms with E-state index in [1.807, 2.05) is 24.6 Å². The summed E-state index contributed by atoms with van der Waals surface area (Å²) >= 11 is 3.36. The van der Waals surface area contributed by atoms with Crippen molar-refractivity contribution in [3.05, 3.63) is 34.2 Å². The van der Waals surface area contributed by atoms with E-state index in [2.05, 4.69) is 31.4 Å². The van der Waals surface area contributed by atoms with Crippen LogP contribution in [0.25, 0.3) is 0 Å². The van der Waals surface area contributed by atoms with Gasteiger partial charge in [-0.25, -0.2) is 0 Å². The molecule has 0 atom stereocenters. The first-order valence-electron chi connectivity index (χ1n) is 5.28. The van der Waals surface area contributed by atoms with Crippen molar-refractivity contribution in [3.8, 4) is 0 Å². The SMILES string of the molecule is CCn1cc(Br)cc1C(=O)Nc1[nH]ncc1C. The largest absolute Gasteiger partial charge is 0.343 e. The number of halogens is 1. The molecular weight excluding hydrogens is 284 g/mol. The maximum Gasteiger partial charge on any atom is 0.273 e. The van der Waals surface area contributed by atoms with Crippen molar-refractivity contribution in [3.63, 3.8) is 0 Å². The van der Waals surface area contributed by atoms with Gasteiger partial charge in [-0.15, -0.1) is 0 Å². The fourth-order valence-electron chi connectivity index (χ4n) is 1.58. The summed E-state index contributed by atoms with van der Waals surface area (Å²) in [6, 6.07) is 1.80. The molecule has 0 saturated heterocycles. The van der Waals surface area contributed by atoms with Crippen LogP contribution >= 0.6 is 15.9 Å². The van der Waals surface area contributed by atoms with E-state index in [0.717, 1.165) is 16.6 Å². The Kier molecular flexibility index (Phi) is 3.33. The molecule has 0 aliphatic carbocycles. The van der Waals surface area contributed by atoms with Crippen LogP contribution in [0.4, 0.5) is 5.82 Å². The first-order chi connectivity index (χ1) is 8.11. The summed E-state index contributed by atoms with van der Waals surface area (Å²) in [6.07, 6.45) is 3.55. The number of carbonyl (C=O) groups excluding carboxylic acids is 1. The molecule has 0 bridgehead atoms. The molecule has 0 aliphatic heterocycles. The lowest BCUT2D eigenvalue weighted by molar-refractivity contribution is 0.101. The van der Waals surface area contributed by atoms with Crippen LogP contribution in [0.2, 0.25) is 0 Å². The number of aromatic amines is 1. The quantitative estimate of drug-likeness (QED) is 0.914. The second kappa shape index (κ2) is 4.75. The molecule has 0 unspecified atom stereocenters. The highest BCUT2D eigenvalue weighted by Crippen LogP contribution is 2.17. The third-order valence-corrected chi connectivity index (χ3v) is 2.94. The summed E-state index contributed by atoms with van der Waals surface area (Å²) in [4.78, 5) is 12.1. The third kappa shape index (κ3) is 2.41. The fourth-order valence-corrected chi connectivity index (χ4v) is 2.04. The molecule has 0 aliphatic rings. The number of nitrogens with zero attached hydrogens (tertiary/aromatic N) is 2. The molecule has 0 saturated carbocycles. The highest BCUT2D eigenvalue weighted by atomic mass is 79.9. The van der Waals surface area contributed by atoms with Crippen LogP contribution in [-0.4, -0.2) is 20.7 Å². The topological polar surface area (TPSA) is 62.7 Å². The minimum atomic E-state index is -0.148. The number of carbonyl (C=O) groups is 1. The van der Waals surface area contributed by atoms with E-state index in [4.69, 9.17) is 0 Å². The standard InChI is InChI=1S/C11H13BrN4O/c1-3-16-6-8(12)4-9(16)11(17)14-10-7(2)5-13-15-10/h4-6H,3H2,1-2H3,(H2,13,14,15,17). The van der Waals surface area contributed by atoms with Gasteiger partial charge in [-0.05, 0) is 35.8 Å². The molecule has 2 rings (SSSR count). The van der Waals surface area contributed by atoms with Crippen LogP contribution < -0.4 is 5.32 Å². The minimum absolute atomic E-state index is 0.148. The maximum absolute atomic E-state index is 12.1. The number of nitrogens with one attached hydrogen (secondary N) is 2. The van der Waals surface area contributed by atoms with Crippen LogP contribution in [-0.2, 0) is 6.54 Å². The van der Waals surface area contributed by atoms with Crippen molar-refractivity contribution in [2.24, 2.45) is 0 Å². The molecule has 0 fully saturated rings. The molecule has 2 aromatic heterocycles. The third-order valence-electron chi connectivity index (χ3n) is 2.50. The minimum Gasteiger partial charge on any atom is -0.343 e. The first kappa shape index (κ1) is 11.9. The lowest BCUT2D eigenvalue weighted by atomic mass is 10.3. The zero-order valence-corrected chi connectivity index (χ0v) is 11.2. The maximum atomic E-state index is 12.1. The molecule has 0 aromatic carbocycles. The number of hydrogen-bond donors (Lipinski definition) is 2. The van der Waals surface area contributed by atoms with E-state index in [1.165, 1.54) is 0 Å². The van der Waals surface area contributed by atoms with E-state index >= 15 is 0 Å². The molecule has 2 N–H and O–H groups in total. The fraction of sp³-hybridized carbons (Fsp3) is 0.273. The highest BCUT2D eigenvalue weighted by Gasteiger charge is 2.13. The number of anilines is 1. The van der Waals surface area contributed by atoms with Crippen LogP contribution in [0.15, 0.2) is 22.9 Å². The van der Waals surface area contributed by atoms with Gasteiger partial charge in [0.1, 0.15) is 11.5 Å². The Hall–Kier alpha value is -1.56. The Labute approximate surface area is 107 Å². The number of amides is 1. The van der Waals surface area contributed by atoms with Crippen molar-refractivity contribution in [2.75, 3.05) is 5.32 Å². The van der Waals surface area contributed by atoms with Gasteiger partial charge in [0.2, 0.25) is 0 Å². The monoisotopic (exact) mass is 296 g/mol. The van der Waals surface area contributed by atoms with Gasteiger partial charge in [0.05, 0.1) is 6.20 Å². The number of aryl methyl sites for hydroxylation is 2. The van der Waals surface area contributed by atoms with E-state index in [9.17, 15) is 4.79 Å². The van der Waals surface area contributed by atoms with Crippen molar-refractivity contribution < 1.29 is 4.79 Å². The Morgan fingerprint density at radius 1 is 1.65 bits per heavy atom. The van der Waals surface area contributed by atoms with Gasteiger partial charge < -0.3 is 9.88 Å². The van der Waals surface area contributed by atoms with Crippen molar-refractivity contribution in [1.29, 1.82) is 0 Å². The average molecular weight is 297 g/mol. The molecule has 17 heavy (non-hydrogen) atoms. The number of H-pyrrole nitrogens is 1. The van der Waals surface area contributed by atoms with E-state index < -0.39 is 0 Å². The Bertz CT molecular complexity index is 543. The first-order valence-corrected chi connectivity index (χ1v) is 6.08. The second-order valence-corrected chi connectivity index (χ2v) is 4.63. The van der Waals surface area contributed by atoms with E-state index in [-0.39, 0.29) is 5.91 Å². The summed E-state index contributed by atoms with van der Waals surface area (Å²) in [6.45, 7) is 4.62. The normalized spacial score (nSPS) is 10.5. The molecule has 90 valence electrons. The summed E-state index contributed by atoms with van der Waals surface area (Å²) in [5.41, 5.74) is 1.53. The zero-order chi connectivity index (χ0) is 12.4. The zero-order valence-electron chi connectivity index (χ0n) is 9.62. The van der Waals surface area contributed by atoms with Gasteiger partial charge in [0.15, 0.2) is 0 Å². The van der Waals surface area contributed by atoms with Gasteiger partial charge >= 0.3 is 0 Å². The summed E-state index contributed by atoms with van der Waals surface area (Å²) in [7, 11) is 0. The smallest absolute Gasteiger partial charge is 0.273 e. The molecule has 6 heteroatoms. The van der Waals surface area contributed by atoms with Crippen LogP contribution in [0.1, 0.15) is 23.0 Å². The molecule has 0 radical (unpaired) electrons. The Morgan fingerprint density at radius 3 is 3.00 bits per heavy atom. The van der Waals surface area contributed by atoms with Crippen molar-refractivity contribution in [2.45, 2.75) is 20.4 Å². The van der Waals surface area contributed by atoms with Crippen LogP contribution in [0, 0.1) is 6.92 Å². The van der Waals surface area contributed by atoms with Crippen molar-refractivity contribution >= 4 is 27.7 Å². The molecule has 1 amide bonds. The van der Waals surface area contributed by atoms with Crippen LogP contribution in [0.3, 0.4) is 0 Å². The summed E-state index contributed by atoms with van der Waals surface area (Å²) in [5.74, 6) is 0.486. The number of hydrogen-bond acceptors (Lipinski definition) is 2. The lowest BCUT2D eigenvalue weighted by Crippen LogP contribution is -2.17. The van der Waals surface area contributed by atoms with E-state index in [0.29, 0.717) is 11.5 Å². The molecule has 2 aromatic rings. The van der Waals surface area contributed by atoms with Gasteiger partial charge in [0.25, 0.3) is 5.91 Å². The number of aromatic nitrogens is 3. The van der Waals surface area contributed by atoms with Gasteiger partial charge in [-0.2, -0.15) is 5.10 Å². The summed E-state index contributed by atoms with van der Waals surface area (Å²) < 4.78 is 2.77. The molecule has 5 nitrogen and oxygen atoms in total. The van der Waals surface area contributed by atoms with Gasteiger partial charge in [-0.1, -0.05) is 0 Å². The van der Waals surface area contributed by atoms with Crippen LogP contribution in [0.5, 0.6) is 0 Å². The predicted molar refractivity (Wildman–Crippen MR) is 69.1 cm³/mol. The molecular formula is C11H13BrN4O. The van der Waals surface area contributed by atoms with Gasteiger partial charge in [-0.3, -0.25) is 9.89 Å². The highest BCUT2D eigenvalue weighted by molar-refractivity contribution is 9.10. The second-order valence-electron chi connectivity index (χ2n) is 3.71. The van der Waals surface area contributed by atoms with Crippen molar-refractivity contribution in [1.82, 2.24) is 14.8 Å². The molecule has 0 spiro atoms. The Balaban J connectivity index is 2.23. The van der Waals surface area contributed by atoms with Gasteiger partial charge in [0, 0.05) is 22.8 Å². The molecule has 2 heterocycles. The lowest BCUT2D eigenvalue weighted by Gasteiger charge is -2.06. The Morgan fingerprint density at radius 2 is 2.41 bits per heavy atom. The average Bonchev–Trinajstić information content (AvgIpc) is 2.85. The number of rotatable bonds is 3. The predicted octanol–water partition coefficient (Wildman–Crippen LogP) is 2.55. The van der Waals surface area contributed by atoms with E-state index in [1.54, 1.807) is 12.3 Å². The summed E-state index contributed by atoms with van der Waals surface area (Å²) in [5, 5.41) is 9.40.